The van der Waals surface area contributed by atoms with Crippen LogP contribution in [0.25, 0.3) is 0 Å². The zero-order valence-electron chi connectivity index (χ0n) is 10.6. The summed E-state index contributed by atoms with van der Waals surface area (Å²) in [5, 5.41) is 0. The van der Waals surface area contributed by atoms with Crippen molar-refractivity contribution in [2.75, 3.05) is 6.61 Å². The van der Waals surface area contributed by atoms with Gasteiger partial charge in [0, 0.05) is 18.0 Å². The van der Waals surface area contributed by atoms with Crippen molar-refractivity contribution in [3.05, 3.63) is 65.0 Å². The van der Waals surface area contributed by atoms with Crippen LogP contribution in [0.4, 0.5) is 4.39 Å². The fourth-order valence-electron chi connectivity index (χ4n) is 2.57. The Morgan fingerprint density at radius 1 is 1.16 bits per heavy atom. The molecule has 1 aliphatic rings. The summed E-state index contributed by atoms with van der Waals surface area (Å²) in [5.41, 5.74) is 8.74. The lowest BCUT2D eigenvalue weighted by atomic mass is 9.78. The highest BCUT2D eigenvalue weighted by molar-refractivity contribution is 5.40. The highest BCUT2D eigenvalue weighted by atomic mass is 19.1. The van der Waals surface area contributed by atoms with E-state index in [1.807, 2.05) is 6.07 Å². The zero-order chi connectivity index (χ0) is 13.2. The molecule has 3 rings (SSSR count). The maximum absolute atomic E-state index is 13.5. The van der Waals surface area contributed by atoms with E-state index >= 15 is 0 Å². The quantitative estimate of drug-likeness (QED) is 0.913. The lowest BCUT2D eigenvalue weighted by Crippen LogP contribution is -2.23. The van der Waals surface area contributed by atoms with Crippen LogP contribution >= 0.6 is 0 Å². The summed E-state index contributed by atoms with van der Waals surface area (Å²) in [6, 6.07) is 13.2. The van der Waals surface area contributed by atoms with Crippen molar-refractivity contribution >= 4 is 0 Å². The number of benzene rings is 2. The van der Waals surface area contributed by atoms with E-state index in [0.717, 1.165) is 6.42 Å². The minimum atomic E-state index is -0.297. The first-order valence-electron chi connectivity index (χ1n) is 6.47. The Morgan fingerprint density at radius 2 is 2.00 bits per heavy atom. The summed E-state index contributed by atoms with van der Waals surface area (Å²) < 4.78 is 19.3. The Labute approximate surface area is 112 Å². The Bertz CT molecular complexity index is 597. The van der Waals surface area contributed by atoms with Gasteiger partial charge in [-0.3, -0.25) is 0 Å². The first-order valence-corrected chi connectivity index (χ1v) is 6.47. The highest BCUT2D eigenvalue weighted by Crippen LogP contribution is 2.35. The van der Waals surface area contributed by atoms with Gasteiger partial charge in [0.15, 0.2) is 0 Å². The van der Waals surface area contributed by atoms with Crippen LogP contribution in [0, 0.1) is 5.82 Å². The molecule has 2 aromatic rings. The zero-order valence-corrected chi connectivity index (χ0v) is 10.6. The molecule has 0 aromatic heterocycles. The van der Waals surface area contributed by atoms with E-state index in [1.165, 1.54) is 17.2 Å². The van der Waals surface area contributed by atoms with Crippen LogP contribution in [0.2, 0.25) is 0 Å². The van der Waals surface area contributed by atoms with Gasteiger partial charge in [-0.2, -0.15) is 0 Å². The van der Waals surface area contributed by atoms with Gasteiger partial charge in [0.05, 0.1) is 6.61 Å². The lowest BCUT2D eigenvalue weighted by Gasteiger charge is -2.30. The maximum atomic E-state index is 13.5. The van der Waals surface area contributed by atoms with Crippen LogP contribution in [0.3, 0.4) is 0 Å². The Balaban J connectivity index is 1.70. The largest absolute Gasteiger partial charge is 0.492 e. The number of hydrogen-bond acceptors (Lipinski definition) is 2. The number of hydrogen-bond donors (Lipinski definition) is 1. The molecule has 0 saturated carbocycles. The second kappa shape index (κ2) is 5.02. The fraction of sp³-hybridized carbons (Fsp3) is 0.250. The molecular weight excluding hydrogens is 241 g/mol. The van der Waals surface area contributed by atoms with E-state index in [-0.39, 0.29) is 12.4 Å². The van der Waals surface area contributed by atoms with Gasteiger partial charge in [-0.15, -0.1) is 0 Å². The second-order valence-electron chi connectivity index (χ2n) is 4.83. The molecule has 3 heteroatoms. The van der Waals surface area contributed by atoms with Crippen LogP contribution in [-0.4, -0.2) is 6.61 Å². The van der Waals surface area contributed by atoms with E-state index in [4.69, 9.17) is 10.5 Å². The monoisotopic (exact) mass is 257 g/mol. The number of nitrogens with two attached hydrogens (primary N) is 1. The van der Waals surface area contributed by atoms with E-state index in [1.54, 1.807) is 12.1 Å². The molecule has 2 N–H and O–H groups in total. The molecule has 2 nitrogen and oxygen atoms in total. The minimum absolute atomic E-state index is 0.156. The predicted molar refractivity (Wildman–Crippen MR) is 72.7 cm³/mol. The van der Waals surface area contributed by atoms with Crippen LogP contribution in [-0.2, 0) is 13.0 Å². The molecule has 0 radical (unpaired) electrons. The van der Waals surface area contributed by atoms with Gasteiger partial charge in [-0.05, 0) is 29.7 Å². The van der Waals surface area contributed by atoms with E-state index < -0.39 is 0 Å². The third-order valence-electron chi connectivity index (χ3n) is 3.68. The average molecular weight is 257 g/mol. The molecule has 0 bridgehead atoms. The average Bonchev–Trinajstić information content (AvgIpc) is 2.40. The molecule has 2 aromatic carbocycles. The summed E-state index contributed by atoms with van der Waals surface area (Å²) in [4.78, 5) is 0. The molecule has 1 unspecified atom stereocenters. The SMILES string of the molecule is NCc1c(F)cccc1OCC1Cc2ccccc21. The van der Waals surface area contributed by atoms with Gasteiger partial charge in [0.2, 0.25) is 0 Å². The fourth-order valence-corrected chi connectivity index (χ4v) is 2.57. The van der Waals surface area contributed by atoms with Crippen LogP contribution in [0.1, 0.15) is 22.6 Å². The highest BCUT2D eigenvalue weighted by Gasteiger charge is 2.26. The number of ether oxygens (including phenoxy) is 1. The number of rotatable bonds is 4. The predicted octanol–water partition coefficient (Wildman–Crippen LogP) is 3.00. The smallest absolute Gasteiger partial charge is 0.131 e. The van der Waals surface area contributed by atoms with Crippen molar-refractivity contribution in [3.63, 3.8) is 0 Å². The summed E-state index contributed by atoms with van der Waals surface area (Å²) >= 11 is 0. The molecular formula is C16H16FNO. The molecule has 1 atom stereocenters. The molecule has 0 saturated heterocycles. The van der Waals surface area contributed by atoms with Crippen molar-refractivity contribution in [1.82, 2.24) is 0 Å². The van der Waals surface area contributed by atoms with E-state index in [9.17, 15) is 4.39 Å². The van der Waals surface area contributed by atoms with Crippen molar-refractivity contribution in [3.8, 4) is 5.75 Å². The summed E-state index contributed by atoms with van der Waals surface area (Å²) in [6.45, 7) is 0.733. The third kappa shape index (κ3) is 2.22. The van der Waals surface area contributed by atoms with Gasteiger partial charge in [-0.25, -0.2) is 4.39 Å². The standard InChI is InChI=1S/C16H16FNO/c17-15-6-3-7-16(14(15)9-18)19-10-12-8-11-4-1-2-5-13(11)12/h1-7,12H,8-10,18H2. The topological polar surface area (TPSA) is 35.2 Å². The molecule has 0 fully saturated rings. The molecule has 0 aliphatic heterocycles. The van der Waals surface area contributed by atoms with E-state index in [2.05, 4.69) is 18.2 Å². The molecule has 1 aliphatic carbocycles. The van der Waals surface area contributed by atoms with Gasteiger partial charge < -0.3 is 10.5 Å². The first-order chi connectivity index (χ1) is 9.29. The van der Waals surface area contributed by atoms with Gasteiger partial charge in [0.1, 0.15) is 11.6 Å². The summed E-state index contributed by atoms with van der Waals surface area (Å²) in [5.74, 6) is 0.672. The Morgan fingerprint density at radius 3 is 2.79 bits per heavy atom. The normalized spacial score (nSPS) is 16.6. The van der Waals surface area contributed by atoms with Crippen LogP contribution < -0.4 is 10.5 Å². The number of halogens is 1. The van der Waals surface area contributed by atoms with Crippen LogP contribution in [0.15, 0.2) is 42.5 Å². The first kappa shape index (κ1) is 12.2. The Kier molecular flexibility index (Phi) is 3.22. The Hall–Kier alpha value is -1.87. The molecule has 0 heterocycles. The van der Waals surface area contributed by atoms with Gasteiger partial charge >= 0.3 is 0 Å². The van der Waals surface area contributed by atoms with Gasteiger partial charge in [0.25, 0.3) is 0 Å². The number of fused-ring (bicyclic) bond motifs is 1. The minimum Gasteiger partial charge on any atom is -0.492 e. The van der Waals surface area contributed by atoms with E-state index in [0.29, 0.717) is 23.8 Å². The molecule has 19 heavy (non-hydrogen) atoms. The third-order valence-corrected chi connectivity index (χ3v) is 3.68. The summed E-state index contributed by atoms with van der Waals surface area (Å²) in [7, 11) is 0. The van der Waals surface area contributed by atoms with Crippen molar-refractivity contribution in [2.45, 2.75) is 18.9 Å². The van der Waals surface area contributed by atoms with Gasteiger partial charge in [-0.1, -0.05) is 30.3 Å². The van der Waals surface area contributed by atoms with Crippen molar-refractivity contribution in [1.29, 1.82) is 0 Å². The molecule has 0 amide bonds. The van der Waals surface area contributed by atoms with Crippen molar-refractivity contribution in [2.24, 2.45) is 5.73 Å². The lowest BCUT2D eigenvalue weighted by molar-refractivity contribution is 0.271. The second-order valence-corrected chi connectivity index (χ2v) is 4.83. The maximum Gasteiger partial charge on any atom is 0.131 e. The summed E-state index contributed by atoms with van der Waals surface area (Å²) in [6.07, 6.45) is 1.03. The molecule has 98 valence electrons. The van der Waals surface area contributed by atoms with Crippen LogP contribution in [0.5, 0.6) is 5.75 Å². The molecule has 0 spiro atoms. The van der Waals surface area contributed by atoms with Crippen molar-refractivity contribution < 1.29 is 9.13 Å².